The molecule has 1 aromatic heterocycles. The Hall–Kier alpha value is -9.31. The maximum atomic E-state index is 5.21. The van der Waals surface area contributed by atoms with E-state index < -0.39 is 0 Å². The summed E-state index contributed by atoms with van der Waals surface area (Å²) < 4.78 is 0. The van der Waals surface area contributed by atoms with Gasteiger partial charge in [-0.25, -0.2) is 15.0 Å². The molecule has 4 atom stereocenters. The Kier molecular flexibility index (Phi) is 14.3. The highest BCUT2D eigenvalue weighted by Gasteiger charge is 2.42. The van der Waals surface area contributed by atoms with Crippen LogP contribution in [0, 0.1) is 18.8 Å². The van der Waals surface area contributed by atoms with Gasteiger partial charge in [0.05, 0.1) is 0 Å². The zero-order valence-electron chi connectivity index (χ0n) is 47.3. The normalized spacial score (nSPS) is 20.2. The second-order valence-electron chi connectivity index (χ2n) is 23.3. The minimum Gasteiger partial charge on any atom is -0.209 e. The molecule has 0 bridgehead atoms. The molecule has 14 rings (SSSR count). The molecular formula is C80H67N3. The first kappa shape index (κ1) is 51.8. The van der Waals surface area contributed by atoms with Crippen molar-refractivity contribution >= 4 is 33.4 Å². The van der Waals surface area contributed by atoms with Crippen LogP contribution in [0.3, 0.4) is 0 Å². The minimum absolute atomic E-state index is 0.0305. The van der Waals surface area contributed by atoms with E-state index in [-0.39, 0.29) is 17.8 Å². The predicted molar refractivity (Wildman–Crippen MR) is 347 cm³/mol. The van der Waals surface area contributed by atoms with E-state index in [2.05, 4.69) is 262 Å². The van der Waals surface area contributed by atoms with E-state index in [1.54, 1.807) is 0 Å². The average Bonchev–Trinajstić information content (AvgIpc) is 2.33. The Labute approximate surface area is 490 Å². The van der Waals surface area contributed by atoms with Gasteiger partial charge >= 0.3 is 0 Å². The van der Waals surface area contributed by atoms with Crippen LogP contribution in [-0.2, 0) is 6.42 Å². The number of nitrogens with zero attached hydrogens (tertiary/aromatic N) is 3. The molecule has 402 valence electrons. The maximum Gasteiger partial charge on any atom is 0.164 e. The summed E-state index contributed by atoms with van der Waals surface area (Å²) in [5.74, 6) is 2.89. The van der Waals surface area contributed by atoms with Crippen LogP contribution in [0.1, 0.15) is 113 Å². The number of aryl methyl sites for hydroxylation is 1. The summed E-state index contributed by atoms with van der Waals surface area (Å²) in [6, 6.07) is 70.7. The van der Waals surface area contributed by atoms with Gasteiger partial charge in [0.25, 0.3) is 0 Å². The molecule has 3 heteroatoms. The molecule has 6 aliphatic carbocycles. The van der Waals surface area contributed by atoms with Gasteiger partial charge in [0.15, 0.2) is 17.5 Å². The van der Waals surface area contributed by atoms with Crippen molar-refractivity contribution in [2.24, 2.45) is 11.8 Å². The molecule has 0 aliphatic heterocycles. The molecule has 0 amide bonds. The van der Waals surface area contributed by atoms with E-state index in [4.69, 9.17) is 15.0 Å². The fraction of sp³-hybridized carbons (Fsp3) is 0.163. The summed E-state index contributed by atoms with van der Waals surface area (Å²) in [5.41, 5.74) is 26.8. The van der Waals surface area contributed by atoms with Crippen LogP contribution in [0.2, 0.25) is 0 Å². The Bertz CT molecular complexity index is 4150. The first-order valence-corrected chi connectivity index (χ1v) is 29.9. The SMILES string of the molecule is C=C1C=CC(c2nc(C3=CC(c4cccc(-c5cc(CC6C(c7ccccc7)=C(c7ccccc7)C(c7ccccc7)=C(C7=CC8=CC8C=CC7)C6c6cccc(C)c6)cc(C6=CC=CCC6)c5)c4)CCC3)nc(-c3ccccc3)n2)=CC1. The molecule has 3 nitrogen and oxygen atoms in total. The van der Waals surface area contributed by atoms with Crippen LogP contribution < -0.4 is 0 Å². The molecule has 0 N–H and O–H groups in total. The molecule has 6 aliphatic rings. The van der Waals surface area contributed by atoms with Crippen molar-refractivity contribution in [2.75, 3.05) is 0 Å². The fourth-order valence-corrected chi connectivity index (χ4v) is 13.6. The first-order chi connectivity index (χ1) is 40.9. The average molecular weight is 1070 g/mol. The van der Waals surface area contributed by atoms with Crippen molar-refractivity contribution in [3.05, 3.63) is 340 Å². The lowest BCUT2D eigenvalue weighted by molar-refractivity contribution is 0.574. The van der Waals surface area contributed by atoms with Crippen LogP contribution >= 0.6 is 0 Å². The molecule has 0 radical (unpaired) electrons. The van der Waals surface area contributed by atoms with Crippen molar-refractivity contribution in [3.8, 4) is 22.5 Å². The van der Waals surface area contributed by atoms with Gasteiger partial charge in [0, 0.05) is 34.8 Å². The summed E-state index contributed by atoms with van der Waals surface area (Å²) in [6.45, 7) is 6.44. The lowest BCUT2D eigenvalue weighted by Gasteiger charge is -2.41. The first-order valence-electron chi connectivity index (χ1n) is 29.9. The Morgan fingerprint density at radius 1 is 0.518 bits per heavy atom. The summed E-state index contributed by atoms with van der Waals surface area (Å²) in [7, 11) is 0. The van der Waals surface area contributed by atoms with Crippen LogP contribution in [0.5, 0.6) is 0 Å². The standard InChI is InChI=1S/C80H67N3/c1-53-40-42-61(43-41-53)79-81-78(60-31-16-7-17-32-60)82-80(83-79)68-39-21-34-63(49-68)62-33-19-35-64(48-62)70-46-55(45-69(52-70)56-23-8-3-9-24-56)47-72-73(57-25-10-4-11-26-57)75(58-27-12-5-13-28-58)76(59-29-14-6-15-30-59)77(67-38-20-36-65-50-71(65)51-67)74(72)66-37-18-22-54(2)44-66/h3-8,10-20,22-23,25-33,35-37,40,42-46,48-52,63,65,72,74H,1,9,21,24,34,38-39,41,47H2,2H3. The molecular weight excluding hydrogens is 1000 g/mol. The van der Waals surface area contributed by atoms with Crippen molar-refractivity contribution in [1.29, 1.82) is 0 Å². The van der Waals surface area contributed by atoms with Gasteiger partial charge < -0.3 is 0 Å². The Balaban J connectivity index is 0.926. The number of benzene rings is 7. The van der Waals surface area contributed by atoms with Crippen LogP contribution in [0.4, 0.5) is 0 Å². The van der Waals surface area contributed by atoms with E-state index in [1.807, 2.05) is 6.07 Å². The molecule has 0 spiro atoms. The zero-order valence-corrected chi connectivity index (χ0v) is 47.3. The van der Waals surface area contributed by atoms with E-state index in [9.17, 15) is 0 Å². The zero-order chi connectivity index (χ0) is 55.6. The van der Waals surface area contributed by atoms with Gasteiger partial charge in [-0.05, 0) is 159 Å². The summed E-state index contributed by atoms with van der Waals surface area (Å²) in [5, 5.41) is 0. The molecule has 4 unspecified atom stereocenters. The van der Waals surface area contributed by atoms with Crippen LogP contribution in [0.15, 0.2) is 284 Å². The van der Waals surface area contributed by atoms with Gasteiger partial charge in [0.1, 0.15) is 0 Å². The molecule has 8 aromatic rings. The highest BCUT2D eigenvalue weighted by Crippen LogP contribution is 2.58. The third-order valence-corrected chi connectivity index (χ3v) is 17.6. The third-order valence-electron chi connectivity index (χ3n) is 17.6. The Morgan fingerprint density at radius 2 is 1.19 bits per heavy atom. The maximum absolute atomic E-state index is 5.21. The quantitative estimate of drug-likeness (QED) is 0.108. The molecule has 0 saturated heterocycles. The fourth-order valence-electron chi connectivity index (χ4n) is 13.6. The number of aromatic nitrogens is 3. The second-order valence-corrected chi connectivity index (χ2v) is 23.3. The predicted octanol–water partition coefficient (Wildman–Crippen LogP) is 20.0. The third kappa shape index (κ3) is 10.9. The number of allylic oxidation sites excluding steroid dienone is 21. The van der Waals surface area contributed by atoms with E-state index in [0.29, 0.717) is 17.6 Å². The topological polar surface area (TPSA) is 38.7 Å². The highest BCUT2D eigenvalue weighted by molar-refractivity contribution is 6.18. The minimum atomic E-state index is 0.0305. The van der Waals surface area contributed by atoms with Gasteiger partial charge in [-0.1, -0.05) is 267 Å². The largest absolute Gasteiger partial charge is 0.209 e. The van der Waals surface area contributed by atoms with Crippen molar-refractivity contribution in [2.45, 2.75) is 70.1 Å². The number of hydrogen-bond acceptors (Lipinski definition) is 3. The monoisotopic (exact) mass is 1070 g/mol. The highest BCUT2D eigenvalue weighted by atomic mass is 15.0. The van der Waals surface area contributed by atoms with Crippen molar-refractivity contribution in [3.63, 3.8) is 0 Å². The lowest BCUT2D eigenvalue weighted by atomic mass is 9.61. The number of hydrogen-bond donors (Lipinski definition) is 0. The molecule has 0 saturated carbocycles. The van der Waals surface area contributed by atoms with Crippen LogP contribution in [0.25, 0.3) is 56.0 Å². The van der Waals surface area contributed by atoms with Gasteiger partial charge in [0.2, 0.25) is 0 Å². The smallest absolute Gasteiger partial charge is 0.164 e. The molecule has 7 aromatic carbocycles. The van der Waals surface area contributed by atoms with E-state index >= 15 is 0 Å². The molecule has 1 heterocycles. The van der Waals surface area contributed by atoms with E-state index in [0.717, 1.165) is 73.9 Å². The molecule has 83 heavy (non-hydrogen) atoms. The lowest BCUT2D eigenvalue weighted by Crippen LogP contribution is -2.27. The van der Waals surface area contributed by atoms with Crippen LogP contribution in [-0.4, -0.2) is 15.0 Å². The Morgan fingerprint density at radius 3 is 1.92 bits per heavy atom. The number of fused-ring (bicyclic) bond motifs is 1. The van der Waals surface area contributed by atoms with Gasteiger partial charge in [-0.3, -0.25) is 0 Å². The van der Waals surface area contributed by atoms with Gasteiger partial charge in [-0.15, -0.1) is 0 Å². The second kappa shape index (κ2) is 22.9. The number of rotatable bonds is 13. The molecule has 0 fully saturated rings. The van der Waals surface area contributed by atoms with Crippen molar-refractivity contribution < 1.29 is 0 Å². The van der Waals surface area contributed by atoms with Gasteiger partial charge in [-0.2, -0.15) is 0 Å². The van der Waals surface area contributed by atoms with Crippen molar-refractivity contribution in [1.82, 2.24) is 15.0 Å². The summed E-state index contributed by atoms with van der Waals surface area (Å²) in [4.78, 5) is 15.4. The van der Waals surface area contributed by atoms with E-state index in [1.165, 1.54) is 100 Å². The summed E-state index contributed by atoms with van der Waals surface area (Å²) >= 11 is 0. The summed E-state index contributed by atoms with van der Waals surface area (Å²) in [6.07, 6.45) is 33.1.